The summed E-state index contributed by atoms with van der Waals surface area (Å²) in [6, 6.07) is 13.7. The van der Waals surface area contributed by atoms with Crippen LogP contribution < -0.4 is 16.2 Å². The SMILES string of the molecule is COc1ccc(-n2c(=O)[nH]c3c(C(N)=O)nc(-c4cccc(Cl)c4)nc32)cc1. The third kappa shape index (κ3) is 2.99. The molecule has 8 nitrogen and oxygen atoms in total. The van der Waals surface area contributed by atoms with E-state index >= 15 is 0 Å². The first-order valence-electron chi connectivity index (χ1n) is 8.21. The summed E-state index contributed by atoms with van der Waals surface area (Å²) in [5.41, 5.74) is 6.47. The number of carbonyl (C=O) groups excluding carboxylic acids is 1. The number of fused-ring (bicyclic) bond motifs is 1. The van der Waals surface area contributed by atoms with Crippen LogP contribution in [-0.2, 0) is 0 Å². The number of imidazole rings is 1. The van der Waals surface area contributed by atoms with Crippen molar-refractivity contribution >= 4 is 28.7 Å². The molecule has 0 saturated heterocycles. The van der Waals surface area contributed by atoms with E-state index in [0.29, 0.717) is 22.0 Å². The Bertz CT molecular complexity index is 1260. The van der Waals surface area contributed by atoms with Gasteiger partial charge in [-0.2, -0.15) is 0 Å². The normalized spacial score (nSPS) is 10.9. The van der Waals surface area contributed by atoms with E-state index in [0.717, 1.165) is 0 Å². The molecule has 0 bridgehead atoms. The summed E-state index contributed by atoms with van der Waals surface area (Å²) in [7, 11) is 1.55. The van der Waals surface area contributed by atoms with Crippen LogP contribution in [-0.4, -0.2) is 32.5 Å². The summed E-state index contributed by atoms with van der Waals surface area (Å²) >= 11 is 6.05. The topological polar surface area (TPSA) is 116 Å². The van der Waals surface area contributed by atoms with E-state index in [4.69, 9.17) is 22.1 Å². The summed E-state index contributed by atoms with van der Waals surface area (Å²) in [6.07, 6.45) is 0. The van der Waals surface area contributed by atoms with Crippen molar-refractivity contribution in [3.05, 3.63) is 69.7 Å². The van der Waals surface area contributed by atoms with Crippen molar-refractivity contribution in [2.75, 3.05) is 7.11 Å². The molecule has 0 fully saturated rings. The number of hydrogen-bond donors (Lipinski definition) is 2. The predicted molar refractivity (Wildman–Crippen MR) is 105 cm³/mol. The number of aromatic nitrogens is 4. The molecule has 0 spiro atoms. The van der Waals surface area contributed by atoms with Crippen LogP contribution in [0.5, 0.6) is 5.75 Å². The molecule has 4 rings (SSSR count). The lowest BCUT2D eigenvalue weighted by Crippen LogP contribution is -2.15. The van der Waals surface area contributed by atoms with Crippen molar-refractivity contribution in [1.82, 2.24) is 19.5 Å². The maximum atomic E-state index is 12.6. The number of hydrogen-bond acceptors (Lipinski definition) is 5. The lowest BCUT2D eigenvalue weighted by atomic mass is 10.2. The predicted octanol–water partition coefficient (Wildman–Crippen LogP) is 2.54. The Morgan fingerprint density at radius 2 is 1.93 bits per heavy atom. The summed E-state index contributed by atoms with van der Waals surface area (Å²) in [4.78, 5) is 35.9. The van der Waals surface area contributed by atoms with Gasteiger partial charge < -0.3 is 15.5 Å². The fourth-order valence-corrected chi connectivity index (χ4v) is 3.08. The molecule has 2 aromatic heterocycles. The Labute approximate surface area is 163 Å². The summed E-state index contributed by atoms with van der Waals surface area (Å²) in [6.45, 7) is 0. The van der Waals surface area contributed by atoms with Crippen LogP contribution in [0.15, 0.2) is 53.3 Å². The lowest BCUT2D eigenvalue weighted by molar-refractivity contribution is 0.0997. The molecule has 28 heavy (non-hydrogen) atoms. The number of rotatable bonds is 4. The van der Waals surface area contributed by atoms with Crippen LogP contribution in [0.2, 0.25) is 5.02 Å². The summed E-state index contributed by atoms with van der Waals surface area (Å²) < 4.78 is 6.49. The molecule has 0 aliphatic carbocycles. The van der Waals surface area contributed by atoms with Gasteiger partial charge in [0.2, 0.25) is 0 Å². The maximum Gasteiger partial charge on any atom is 0.332 e. The van der Waals surface area contributed by atoms with Crippen LogP contribution in [0.25, 0.3) is 28.2 Å². The first-order chi connectivity index (χ1) is 13.5. The number of nitrogens with zero attached hydrogens (tertiary/aromatic N) is 3. The number of carbonyl (C=O) groups is 1. The fraction of sp³-hybridized carbons (Fsp3) is 0.0526. The van der Waals surface area contributed by atoms with Crippen molar-refractivity contribution in [2.24, 2.45) is 5.73 Å². The van der Waals surface area contributed by atoms with Crippen molar-refractivity contribution < 1.29 is 9.53 Å². The van der Waals surface area contributed by atoms with Gasteiger partial charge in [-0.3, -0.25) is 4.79 Å². The molecule has 0 radical (unpaired) electrons. The number of nitrogens with two attached hydrogens (primary N) is 1. The Balaban J connectivity index is 2.02. The highest BCUT2D eigenvalue weighted by molar-refractivity contribution is 6.30. The average molecular weight is 396 g/mol. The maximum absolute atomic E-state index is 12.6. The minimum Gasteiger partial charge on any atom is -0.497 e. The molecule has 2 heterocycles. The molecule has 1 amide bonds. The number of ether oxygens (including phenoxy) is 1. The molecule has 0 atom stereocenters. The second kappa shape index (κ2) is 6.82. The van der Waals surface area contributed by atoms with Crippen LogP contribution in [0.4, 0.5) is 0 Å². The van der Waals surface area contributed by atoms with E-state index in [1.165, 1.54) is 4.57 Å². The van der Waals surface area contributed by atoms with Gasteiger partial charge in [0.25, 0.3) is 5.91 Å². The van der Waals surface area contributed by atoms with Crippen molar-refractivity contribution in [1.29, 1.82) is 0 Å². The zero-order valence-corrected chi connectivity index (χ0v) is 15.4. The summed E-state index contributed by atoms with van der Waals surface area (Å²) in [5, 5.41) is 0.489. The molecule has 140 valence electrons. The molecule has 2 aromatic carbocycles. The molecule has 0 saturated carbocycles. The van der Waals surface area contributed by atoms with E-state index < -0.39 is 11.6 Å². The van der Waals surface area contributed by atoms with Gasteiger partial charge in [-0.1, -0.05) is 23.7 Å². The van der Waals surface area contributed by atoms with Gasteiger partial charge in [0.05, 0.1) is 12.8 Å². The number of benzene rings is 2. The molecule has 0 aliphatic rings. The Morgan fingerprint density at radius 3 is 2.57 bits per heavy atom. The third-order valence-electron chi connectivity index (χ3n) is 4.18. The number of aromatic amines is 1. The van der Waals surface area contributed by atoms with Crippen molar-refractivity contribution in [3.63, 3.8) is 0 Å². The molecular weight excluding hydrogens is 382 g/mol. The smallest absolute Gasteiger partial charge is 0.332 e. The van der Waals surface area contributed by atoms with Crippen LogP contribution in [0.3, 0.4) is 0 Å². The first-order valence-corrected chi connectivity index (χ1v) is 8.58. The van der Waals surface area contributed by atoms with Crippen LogP contribution in [0.1, 0.15) is 10.5 Å². The zero-order valence-electron chi connectivity index (χ0n) is 14.6. The molecule has 0 unspecified atom stereocenters. The van der Waals surface area contributed by atoms with Crippen LogP contribution in [0, 0.1) is 0 Å². The highest BCUT2D eigenvalue weighted by Crippen LogP contribution is 2.24. The number of nitrogens with one attached hydrogen (secondary N) is 1. The Morgan fingerprint density at radius 1 is 1.18 bits per heavy atom. The van der Waals surface area contributed by atoms with Gasteiger partial charge in [0, 0.05) is 10.6 Å². The zero-order chi connectivity index (χ0) is 19.8. The number of primary amides is 1. The van der Waals surface area contributed by atoms with Crippen molar-refractivity contribution in [2.45, 2.75) is 0 Å². The fourth-order valence-electron chi connectivity index (χ4n) is 2.89. The number of amides is 1. The minimum atomic E-state index is -0.779. The molecule has 3 N–H and O–H groups in total. The molecular formula is C19H14ClN5O3. The number of H-pyrrole nitrogens is 1. The van der Waals surface area contributed by atoms with E-state index in [1.807, 2.05) is 0 Å². The molecule has 4 aromatic rings. The monoisotopic (exact) mass is 395 g/mol. The highest BCUT2D eigenvalue weighted by Gasteiger charge is 2.20. The van der Waals surface area contributed by atoms with Crippen LogP contribution >= 0.6 is 11.6 Å². The molecule has 9 heteroatoms. The summed E-state index contributed by atoms with van der Waals surface area (Å²) in [5.74, 6) is 0.0904. The van der Waals surface area contributed by atoms with E-state index in [9.17, 15) is 9.59 Å². The van der Waals surface area contributed by atoms with E-state index in [1.54, 1.807) is 55.6 Å². The van der Waals surface area contributed by atoms with Gasteiger partial charge in [0.15, 0.2) is 17.2 Å². The second-order valence-electron chi connectivity index (χ2n) is 5.93. The van der Waals surface area contributed by atoms with Gasteiger partial charge in [-0.15, -0.1) is 0 Å². The van der Waals surface area contributed by atoms with E-state index in [2.05, 4.69) is 15.0 Å². The number of halogens is 1. The van der Waals surface area contributed by atoms with Gasteiger partial charge >= 0.3 is 5.69 Å². The standard InChI is InChI=1S/C19H14ClN5O3/c1-28-13-7-5-12(6-8-13)25-18-15(23-19(25)27)14(16(21)26)22-17(24-18)10-3-2-4-11(20)9-10/h2-9H,1H3,(H2,21,26)(H,23,27). The lowest BCUT2D eigenvalue weighted by Gasteiger charge is -2.07. The average Bonchev–Trinajstić information content (AvgIpc) is 3.02. The second-order valence-corrected chi connectivity index (χ2v) is 6.37. The molecule has 0 aliphatic heterocycles. The third-order valence-corrected chi connectivity index (χ3v) is 4.42. The Hall–Kier alpha value is -3.65. The Kier molecular flexibility index (Phi) is 4.32. The number of methoxy groups -OCH3 is 1. The largest absolute Gasteiger partial charge is 0.497 e. The first kappa shape index (κ1) is 17.7. The van der Waals surface area contributed by atoms with Crippen molar-refractivity contribution in [3.8, 4) is 22.8 Å². The van der Waals surface area contributed by atoms with Gasteiger partial charge in [0.1, 0.15) is 11.3 Å². The minimum absolute atomic E-state index is 0.0793. The quantitative estimate of drug-likeness (QED) is 0.550. The van der Waals surface area contributed by atoms with Gasteiger partial charge in [-0.25, -0.2) is 19.3 Å². The van der Waals surface area contributed by atoms with E-state index in [-0.39, 0.29) is 22.7 Å². The van der Waals surface area contributed by atoms with Gasteiger partial charge in [-0.05, 0) is 36.4 Å². The highest BCUT2D eigenvalue weighted by atomic mass is 35.5.